The Hall–Kier alpha value is -2.00. The van der Waals surface area contributed by atoms with Crippen LogP contribution in [0.1, 0.15) is 0 Å². The first-order valence-corrected chi connectivity index (χ1v) is 6.10. The molecule has 118 valence electrons. The van der Waals surface area contributed by atoms with E-state index in [1.54, 1.807) is 0 Å². The van der Waals surface area contributed by atoms with E-state index < -0.39 is 18.1 Å². The number of nitrogens with two attached hydrogens (primary N) is 1. The number of amides is 2. The summed E-state index contributed by atoms with van der Waals surface area (Å²) in [5, 5.41) is 4.70. The molecule has 1 aromatic carbocycles. The second kappa shape index (κ2) is 8.32. The normalized spacial score (nSPS) is 11.0. The van der Waals surface area contributed by atoms with Gasteiger partial charge in [0, 0.05) is 13.1 Å². The van der Waals surface area contributed by atoms with Crippen LogP contribution in [-0.4, -0.2) is 38.7 Å². The molecule has 4 N–H and O–H groups in total. The van der Waals surface area contributed by atoms with Crippen LogP contribution in [0, 0.1) is 0 Å². The third kappa shape index (κ3) is 7.37. The van der Waals surface area contributed by atoms with Crippen LogP contribution in [-0.2, 0) is 4.74 Å². The fourth-order valence-electron chi connectivity index (χ4n) is 1.37. The van der Waals surface area contributed by atoms with Crippen LogP contribution in [0.25, 0.3) is 0 Å². The number of urea groups is 1. The number of hydrogen-bond donors (Lipinski definition) is 3. The zero-order chi connectivity index (χ0) is 15.7. The minimum atomic E-state index is -4.83. The Balaban J connectivity index is 2.48. The van der Waals surface area contributed by atoms with Gasteiger partial charge in [-0.3, -0.25) is 0 Å². The highest BCUT2D eigenvalue weighted by atomic mass is 19.4. The number of para-hydroxylation sites is 2. The minimum Gasteiger partial charge on any atom is -0.404 e. The van der Waals surface area contributed by atoms with Gasteiger partial charge in [0.2, 0.25) is 0 Å². The Morgan fingerprint density at radius 3 is 2.62 bits per heavy atom. The van der Waals surface area contributed by atoms with E-state index >= 15 is 0 Å². The number of carbonyl (C=O) groups excluding carboxylic acids is 1. The molecular weight excluding hydrogens is 291 g/mol. The first kappa shape index (κ1) is 17.1. The first-order chi connectivity index (χ1) is 9.92. The van der Waals surface area contributed by atoms with Crippen LogP contribution in [0.4, 0.5) is 23.7 Å². The second-order valence-electron chi connectivity index (χ2n) is 3.83. The summed E-state index contributed by atoms with van der Waals surface area (Å²) >= 11 is 0. The van der Waals surface area contributed by atoms with Gasteiger partial charge >= 0.3 is 12.4 Å². The molecule has 0 aliphatic heterocycles. The maximum absolute atomic E-state index is 12.2. The van der Waals surface area contributed by atoms with Crippen molar-refractivity contribution in [3.05, 3.63) is 24.3 Å². The molecule has 6 nitrogen and oxygen atoms in total. The Bertz CT molecular complexity index is 455. The van der Waals surface area contributed by atoms with Crippen LogP contribution in [0.15, 0.2) is 24.3 Å². The summed E-state index contributed by atoms with van der Waals surface area (Å²) < 4.78 is 45.4. The molecule has 9 heteroatoms. The minimum absolute atomic E-state index is 0.0878. The number of anilines is 1. The van der Waals surface area contributed by atoms with Crippen molar-refractivity contribution < 1.29 is 27.4 Å². The predicted octanol–water partition coefficient (Wildman–Crippen LogP) is 1.68. The molecule has 0 aliphatic carbocycles. The largest absolute Gasteiger partial charge is 0.573 e. The average molecular weight is 307 g/mol. The van der Waals surface area contributed by atoms with Crippen molar-refractivity contribution in [2.45, 2.75) is 6.36 Å². The fraction of sp³-hybridized carbons (Fsp3) is 0.417. The third-order valence-corrected chi connectivity index (χ3v) is 2.16. The molecular formula is C12H16F3N3O3. The number of carbonyl (C=O) groups is 1. The molecule has 0 fully saturated rings. The highest BCUT2D eigenvalue weighted by Crippen LogP contribution is 2.29. The summed E-state index contributed by atoms with van der Waals surface area (Å²) in [7, 11) is 0. The molecule has 0 unspecified atom stereocenters. The van der Waals surface area contributed by atoms with E-state index in [0.29, 0.717) is 13.2 Å². The number of ether oxygens (including phenoxy) is 2. The second-order valence-corrected chi connectivity index (χ2v) is 3.83. The van der Waals surface area contributed by atoms with Crippen molar-refractivity contribution in [2.75, 3.05) is 31.6 Å². The predicted molar refractivity (Wildman–Crippen MR) is 70.0 cm³/mol. The van der Waals surface area contributed by atoms with E-state index in [1.165, 1.54) is 18.2 Å². The zero-order valence-electron chi connectivity index (χ0n) is 11.1. The molecule has 0 atom stereocenters. The maximum Gasteiger partial charge on any atom is 0.573 e. The van der Waals surface area contributed by atoms with Gasteiger partial charge in [-0.15, -0.1) is 13.2 Å². The van der Waals surface area contributed by atoms with E-state index in [-0.39, 0.29) is 18.8 Å². The van der Waals surface area contributed by atoms with Crippen molar-refractivity contribution in [1.82, 2.24) is 5.32 Å². The Morgan fingerprint density at radius 1 is 1.24 bits per heavy atom. The molecule has 1 aromatic rings. The first-order valence-electron chi connectivity index (χ1n) is 6.10. The van der Waals surface area contributed by atoms with Crippen LogP contribution < -0.4 is 21.1 Å². The van der Waals surface area contributed by atoms with Crippen LogP contribution in [0.5, 0.6) is 5.75 Å². The summed E-state index contributed by atoms with van der Waals surface area (Å²) in [4.78, 5) is 11.5. The van der Waals surface area contributed by atoms with E-state index in [9.17, 15) is 18.0 Å². The standard InChI is InChI=1S/C12H16F3N3O3/c13-12(14,15)21-10-4-2-1-3-9(10)18-11(19)17-6-8-20-7-5-16/h1-4H,5-8,16H2,(H2,17,18,19). The molecule has 0 saturated heterocycles. The SMILES string of the molecule is NCCOCCNC(=O)Nc1ccccc1OC(F)(F)F. The molecule has 0 aromatic heterocycles. The summed E-state index contributed by atoms with van der Waals surface area (Å²) in [6, 6.07) is 4.58. The van der Waals surface area contributed by atoms with Gasteiger partial charge in [-0.1, -0.05) is 12.1 Å². The van der Waals surface area contributed by atoms with Gasteiger partial charge in [-0.2, -0.15) is 0 Å². The summed E-state index contributed by atoms with van der Waals surface area (Å²) in [6.45, 7) is 1.19. The number of rotatable bonds is 7. The highest BCUT2D eigenvalue weighted by Gasteiger charge is 2.32. The van der Waals surface area contributed by atoms with E-state index in [0.717, 1.165) is 6.07 Å². The Kier molecular flexibility index (Phi) is 6.76. The van der Waals surface area contributed by atoms with Crippen LogP contribution in [0.3, 0.4) is 0 Å². The maximum atomic E-state index is 12.2. The number of hydrogen-bond acceptors (Lipinski definition) is 4. The summed E-state index contributed by atoms with van der Waals surface area (Å²) in [5.41, 5.74) is 5.12. The van der Waals surface area contributed by atoms with Crippen LogP contribution in [0.2, 0.25) is 0 Å². The average Bonchev–Trinajstić information content (AvgIpc) is 2.39. The lowest BCUT2D eigenvalue weighted by Crippen LogP contribution is -2.32. The van der Waals surface area contributed by atoms with Gasteiger partial charge in [0.15, 0.2) is 5.75 Å². The van der Waals surface area contributed by atoms with E-state index in [2.05, 4.69) is 15.4 Å². The number of benzene rings is 1. The van der Waals surface area contributed by atoms with Crippen molar-refractivity contribution in [1.29, 1.82) is 0 Å². The van der Waals surface area contributed by atoms with E-state index in [4.69, 9.17) is 10.5 Å². The molecule has 0 saturated carbocycles. The van der Waals surface area contributed by atoms with E-state index in [1.807, 2.05) is 0 Å². The van der Waals surface area contributed by atoms with Crippen molar-refractivity contribution in [3.8, 4) is 5.75 Å². The Morgan fingerprint density at radius 2 is 1.95 bits per heavy atom. The number of alkyl halides is 3. The Labute approximate surface area is 119 Å². The van der Waals surface area contributed by atoms with Crippen molar-refractivity contribution >= 4 is 11.7 Å². The lowest BCUT2D eigenvalue weighted by Gasteiger charge is -2.14. The molecule has 0 heterocycles. The third-order valence-electron chi connectivity index (χ3n) is 2.16. The summed E-state index contributed by atoms with van der Waals surface area (Å²) in [5.74, 6) is -0.487. The zero-order valence-corrected chi connectivity index (χ0v) is 11.1. The van der Waals surface area contributed by atoms with Crippen LogP contribution >= 0.6 is 0 Å². The number of halogens is 3. The topological polar surface area (TPSA) is 85.6 Å². The van der Waals surface area contributed by atoms with Gasteiger partial charge in [-0.25, -0.2) is 4.79 Å². The molecule has 0 aliphatic rings. The van der Waals surface area contributed by atoms with Crippen molar-refractivity contribution in [3.63, 3.8) is 0 Å². The molecule has 0 bridgehead atoms. The van der Waals surface area contributed by atoms with Gasteiger partial charge in [0.05, 0.1) is 18.9 Å². The van der Waals surface area contributed by atoms with Gasteiger partial charge in [-0.05, 0) is 12.1 Å². The lowest BCUT2D eigenvalue weighted by molar-refractivity contribution is -0.274. The summed E-state index contributed by atoms with van der Waals surface area (Å²) in [6.07, 6.45) is -4.83. The quantitative estimate of drug-likeness (QED) is 0.669. The van der Waals surface area contributed by atoms with Gasteiger partial charge < -0.3 is 25.8 Å². The fourth-order valence-corrected chi connectivity index (χ4v) is 1.37. The molecule has 0 spiro atoms. The molecule has 21 heavy (non-hydrogen) atoms. The molecule has 0 radical (unpaired) electrons. The highest BCUT2D eigenvalue weighted by molar-refractivity contribution is 5.90. The van der Waals surface area contributed by atoms with Gasteiger partial charge in [0.1, 0.15) is 0 Å². The van der Waals surface area contributed by atoms with Gasteiger partial charge in [0.25, 0.3) is 0 Å². The number of nitrogens with one attached hydrogen (secondary N) is 2. The monoisotopic (exact) mass is 307 g/mol. The molecule has 2 amide bonds. The lowest BCUT2D eigenvalue weighted by atomic mass is 10.3. The van der Waals surface area contributed by atoms with Crippen molar-refractivity contribution in [2.24, 2.45) is 5.73 Å². The smallest absolute Gasteiger partial charge is 0.404 e. The molecule has 1 rings (SSSR count).